The molecule has 2 aromatic rings. The van der Waals surface area contributed by atoms with Crippen LogP contribution in [0.4, 0.5) is 0 Å². The molecule has 0 amide bonds. The van der Waals surface area contributed by atoms with Gasteiger partial charge in [0.2, 0.25) is 0 Å². The zero-order chi connectivity index (χ0) is 15.6. The molecule has 1 heteroatoms. The van der Waals surface area contributed by atoms with Gasteiger partial charge in [-0.25, -0.2) is 0 Å². The maximum Gasteiger partial charge on any atom is 0.144 e. The first-order chi connectivity index (χ1) is 11.2. The number of aryl methyl sites for hydroxylation is 1. The van der Waals surface area contributed by atoms with E-state index < -0.39 is 0 Å². The Bertz CT molecular complexity index is 860. The average molecular weight is 302 g/mol. The largest absolute Gasteiger partial charge is 0.299 e. The normalized spacial score (nSPS) is 31.3. The van der Waals surface area contributed by atoms with Gasteiger partial charge in [0.05, 0.1) is 0 Å². The average Bonchev–Trinajstić information content (AvgIpc) is 3.15. The zero-order valence-corrected chi connectivity index (χ0v) is 13.6. The van der Waals surface area contributed by atoms with Crippen LogP contribution in [0.3, 0.4) is 0 Å². The predicted molar refractivity (Wildman–Crippen MR) is 93.5 cm³/mol. The van der Waals surface area contributed by atoms with Crippen LogP contribution in [0.1, 0.15) is 36.5 Å². The van der Waals surface area contributed by atoms with E-state index in [1.807, 2.05) is 0 Å². The highest BCUT2D eigenvalue weighted by molar-refractivity contribution is 5.94. The number of hydrogen-bond donors (Lipinski definition) is 0. The van der Waals surface area contributed by atoms with Crippen molar-refractivity contribution in [2.24, 2.45) is 17.3 Å². The second kappa shape index (κ2) is 4.56. The van der Waals surface area contributed by atoms with Crippen LogP contribution in [-0.2, 0) is 24.1 Å². The van der Waals surface area contributed by atoms with E-state index in [1.165, 1.54) is 33.9 Å². The first kappa shape index (κ1) is 13.5. The van der Waals surface area contributed by atoms with Gasteiger partial charge in [-0.05, 0) is 65.0 Å². The lowest BCUT2D eigenvalue weighted by Gasteiger charge is -2.38. The van der Waals surface area contributed by atoms with Crippen LogP contribution in [0.5, 0.6) is 0 Å². The second-order valence-corrected chi connectivity index (χ2v) is 7.74. The lowest BCUT2D eigenvalue weighted by Crippen LogP contribution is -2.41. The topological polar surface area (TPSA) is 17.1 Å². The zero-order valence-electron chi connectivity index (χ0n) is 13.6. The molecule has 1 saturated carbocycles. The van der Waals surface area contributed by atoms with E-state index in [0.29, 0.717) is 24.0 Å². The summed E-state index contributed by atoms with van der Waals surface area (Å²) in [5, 5.41) is 2.68. The van der Waals surface area contributed by atoms with Crippen molar-refractivity contribution in [1.29, 1.82) is 0 Å². The Labute approximate surface area is 137 Å². The molecular formula is C22H22O. The van der Waals surface area contributed by atoms with Crippen LogP contribution in [0, 0.1) is 17.3 Å². The molecule has 5 rings (SSSR count). The molecule has 0 aliphatic heterocycles. The number of allylic oxidation sites excluding steroid dienone is 2. The van der Waals surface area contributed by atoms with Crippen LogP contribution in [0.15, 0.2) is 42.5 Å². The van der Waals surface area contributed by atoms with Gasteiger partial charge in [-0.3, -0.25) is 4.79 Å². The van der Waals surface area contributed by atoms with E-state index in [0.717, 1.165) is 19.3 Å². The molecule has 2 aromatic carbocycles. The van der Waals surface area contributed by atoms with Gasteiger partial charge in [-0.2, -0.15) is 0 Å². The first-order valence-corrected chi connectivity index (χ1v) is 8.94. The number of fused-ring (bicyclic) bond motifs is 5. The summed E-state index contributed by atoms with van der Waals surface area (Å²) >= 11 is 0. The van der Waals surface area contributed by atoms with Crippen LogP contribution < -0.4 is 0 Å². The fraction of sp³-hybridized carbons (Fsp3) is 0.409. The summed E-state index contributed by atoms with van der Waals surface area (Å²) in [6, 6.07) is 11.2. The molecular weight excluding hydrogens is 280 g/mol. The molecule has 3 unspecified atom stereocenters. The van der Waals surface area contributed by atoms with Gasteiger partial charge in [-0.1, -0.05) is 49.4 Å². The van der Waals surface area contributed by atoms with Gasteiger partial charge in [0, 0.05) is 11.8 Å². The number of carbonyl (C=O) groups is 1. The lowest BCUT2D eigenvalue weighted by atomic mass is 9.63. The predicted octanol–water partition coefficient (Wildman–Crippen LogP) is 4.65. The minimum atomic E-state index is -0.0821. The van der Waals surface area contributed by atoms with Crippen molar-refractivity contribution >= 4 is 16.6 Å². The fourth-order valence-corrected chi connectivity index (χ4v) is 5.39. The summed E-state index contributed by atoms with van der Waals surface area (Å²) in [5.41, 5.74) is 4.04. The number of rotatable bonds is 1. The summed E-state index contributed by atoms with van der Waals surface area (Å²) in [4.78, 5) is 13.0. The van der Waals surface area contributed by atoms with Gasteiger partial charge in [0.25, 0.3) is 0 Å². The Morgan fingerprint density at radius 1 is 1.17 bits per heavy atom. The molecule has 23 heavy (non-hydrogen) atoms. The quantitative estimate of drug-likeness (QED) is 0.701. The Morgan fingerprint density at radius 3 is 2.83 bits per heavy atom. The van der Waals surface area contributed by atoms with Crippen molar-refractivity contribution < 1.29 is 4.79 Å². The van der Waals surface area contributed by atoms with Crippen LogP contribution in [-0.4, -0.2) is 5.78 Å². The van der Waals surface area contributed by atoms with E-state index >= 15 is 0 Å². The van der Waals surface area contributed by atoms with Gasteiger partial charge < -0.3 is 0 Å². The van der Waals surface area contributed by atoms with Crippen LogP contribution in [0.2, 0.25) is 0 Å². The monoisotopic (exact) mass is 302 g/mol. The molecule has 0 radical (unpaired) electrons. The molecule has 1 nitrogen and oxygen atoms in total. The maximum atomic E-state index is 13.0. The molecule has 0 N–H and O–H groups in total. The molecule has 1 spiro atoms. The summed E-state index contributed by atoms with van der Waals surface area (Å²) in [7, 11) is 0. The molecule has 0 saturated heterocycles. The van der Waals surface area contributed by atoms with E-state index in [9.17, 15) is 4.79 Å². The number of carbonyl (C=O) groups excluding carboxylic acids is 1. The highest BCUT2D eigenvalue weighted by Gasteiger charge is 2.54. The van der Waals surface area contributed by atoms with Crippen molar-refractivity contribution in [3.05, 3.63) is 59.2 Å². The molecule has 2 bridgehead atoms. The Hall–Kier alpha value is -1.89. The van der Waals surface area contributed by atoms with Crippen molar-refractivity contribution in [3.8, 4) is 0 Å². The second-order valence-electron chi connectivity index (χ2n) is 7.74. The third-order valence-corrected chi connectivity index (χ3v) is 6.59. The third kappa shape index (κ3) is 1.77. The fourth-order valence-electron chi connectivity index (χ4n) is 5.39. The van der Waals surface area contributed by atoms with Crippen molar-refractivity contribution in [3.63, 3.8) is 0 Å². The number of ketones is 1. The van der Waals surface area contributed by atoms with E-state index in [2.05, 4.69) is 49.4 Å². The number of Topliss-reactive ketones (excluding diaryl/α,β-unsaturated/α-hetero) is 1. The molecule has 3 aliphatic rings. The van der Waals surface area contributed by atoms with Gasteiger partial charge in [0.1, 0.15) is 5.78 Å². The van der Waals surface area contributed by atoms with Crippen LogP contribution in [0.25, 0.3) is 10.8 Å². The molecule has 0 heterocycles. The van der Waals surface area contributed by atoms with Crippen molar-refractivity contribution in [1.82, 2.24) is 0 Å². The summed E-state index contributed by atoms with van der Waals surface area (Å²) < 4.78 is 0. The SMILES string of the molecule is CCc1cccc2cc3c(cc12)CC1(CC2C=CC1C2)C(=O)C3. The Balaban J connectivity index is 1.66. The van der Waals surface area contributed by atoms with Crippen LogP contribution >= 0.6 is 0 Å². The van der Waals surface area contributed by atoms with Crippen molar-refractivity contribution in [2.45, 2.75) is 39.0 Å². The van der Waals surface area contributed by atoms with Gasteiger partial charge >= 0.3 is 0 Å². The highest BCUT2D eigenvalue weighted by atomic mass is 16.1. The highest BCUT2D eigenvalue weighted by Crippen LogP contribution is 2.56. The summed E-state index contributed by atoms with van der Waals surface area (Å²) in [6.45, 7) is 2.22. The Morgan fingerprint density at radius 2 is 2.09 bits per heavy atom. The van der Waals surface area contributed by atoms with Gasteiger partial charge in [-0.15, -0.1) is 0 Å². The molecule has 3 aliphatic carbocycles. The van der Waals surface area contributed by atoms with E-state index in [-0.39, 0.29) is 5.41 Å². The third-order valence-electron chi connectivity index (χ3n) is 6.59. The summed E-state index contributed by atoms with van der Waals surface area (Å²) in [5.74, 6) is 1.63. The minimum absolute atomic E-state index is 0.0821. The van der Waals surface area contributed by atoms with Crippen molar-refractivity contribution in [2.75, 3.05) is 0 Å². The molecule has 116 valence electrons. The molecule has 0 aromatic heterocycles. The molecule has 3 atom stereocenters. The smallest absolute Gasteiger partial charge is 0.144 e. The lowest BCUT2D eigenvalue weighted by molar-refractivity contribution is -0.130. The minimum Gasteiger partial charge on any atom is -0.299 e. The Kier molecular flexibility index (Phi) is 2.69. The molecule has 1 fully saturated rings. The first-order valence-electron chi connectivity index (χ1n) is 8.94. The number of benzene rings is 2. The summed E-state index contributed by atoms with van der Waals surface area (Å²) in [6.07, 6.45) is 9.62. The number of hydrogen-bond acceptors (Lipinski definition) is 1. The van der Waals surface area contributed by atoms with E-state index in [1.54, 1.807) is 0 Å². The van der Waals surface area contributed by atoms with Gasteiger partial charge in [0.15, 0.2) is 0 Å². The standard InChI is InChI=1S/C22H22O/c1-2-15-4-3-5-16-9-17-11-21(23)22(13-18(17)10-20(15)16)12-14-6-7-19(22)8-14/h3-7,9-10,14,19H,2,8,11-13H2,1H3. The van der Waals surface area contributed by atoms with E-state index in [4.69, 9.17) is 0 Å². The maximum absolute atomic E-state index is 13.0.